The Morgan fingerprint density at radius 3 is 2.47 bits per heavy atom. The van der Waals surface area contributed by atoms with Gasteiger partial charge in [0.05, 0.1) is 26.1 Å². The molecule has 1 aromatic carbocycles. The van der Waals surface area contributed by atoms with Gasteiger partial charge in [-0.3, -0.25) is 4.79 Å². The first-order chi connectivity index (χ1) is 17.4. The van der Waals surface area contributed by atoms with Crippen molar-refractivity contribution in [3.63, 3.8) is 0 Å². The number of ether oxygens (including phenoxy) is 1. The molecular formula is C27H33F3N4O2. The van der Waals surface area contributed by atoms with Crippen molar-refractivity contribution in [2.45, 2.75) is 51.4 Å². The van der Waals surface area contributed by atoms with Crippen LogP contribution in [0.1, 0.15) is 36.8 Å². The van der Waals surface area contributed by atoms with Gasteiger partial charge in [-0.15, -0.1) is 0 Å². The van der Waals surface area contributed by atoms with Crippen molar-refractivity contribution >= 4 is 11.9 Å². The molecule has 1 aromatic heterocycles. The number of benzene rings is 1. The molecule has 0 N–H and O–H groups in total. The lowest BCUT2D eigenvalue weighted by atomic mass is 9.90. The number of rotatable bonds is 8. The number of aromatic nitrogens is 2. The van der Waals surface area contributed by atoms with E-state index in [-0.39, 0.29) is 25.1 Å². The third-order valence-corrected chi connectivity index (χ3v) is 7.83. The monoisotopic (exact) mass is 502 g/mol. The molecule has 6 nitrogen and oxygen atoms in total. The fraction of sp³-hybridized carbons (Fsp3) is 0.593. The molecule has 3 fully saturated rings. The number of piperidine rings is 1. The van der Waals surface area contributed by atoms with Crippen LogP contribution in [0.25, 0.3) is 0 Å². The summed E-state index contributed by atoms with van der Waals surface area (Å²) in [5.74, 6) is 2.35. The molecule has 1 amide bonds. The number of carbonyl (C=O) groups excluding carboxylic acids is 1. The van der Waals surface area contributed by atoms with Crippen LogP contribution in [0.15, 0.2) is 30.6 Å². The van der Waals surface area contributed by atoms with Gasteiger partial charge in [-0.25, -0.2) is 23.1 Å². The lowest BCUT2D eigenvalue weighted by molar-refractivity contribution is -0.129. The number of alkyl halides is 2. The maximum atomic E-state index is 14.5. The van der Waals surface area contributed by atoms with Crippen LogP contribution >= 0.6 is 0 Å². The van der Waals surface area contributed by atoms with Gasteiger partial charge < -0.3 is 14.5 Å². The van der Waals surface area contributed by atoms with Gasteiger partial charge in [0.1, 0.15) is 11.6 Å². The largest absolute Gasteiger partial charge is 0.493 e. The summed E-state index contributed by atoms with van der Waals surface area (Å²) in [4.78, 5) is 24.5. The molecule has 3 aliphatic rings. The topological polar surface area (TPSA) is 58.6 Å². The average Bonchev–Trinajstić information content (AvgIpc) is 3.57. The number of anilines is 1. The van der Waals surface area contributed by atoms with Crippen LogP contribution in [0, 0.1) is 30.5 Å². The first-order valence-electron chi connectivity index (χ1n) is 12.9. The van der Waals surface area contributed by atoms with Crippen molar-refractivity contribution < 1.29 is 22.7 Å². The number of nitrogens with zero attached hydrogens (tertiary/aromatic N) is 4. The minimum Gasteiger partial charge on any atom is -0.493 e. The Morgan fingerprint density at radius 1 is 1.11 bits per heavy atom. The van der Waals surface area contributed by atoms with Crippen LogP contribution in [0.3, 0.4) is 0 Å². The molecule has 2 aliphatic heterocycles. The molecule has 9 heteroatoms. The van der Waals surface area contributed by atoms with Crippen LogP contribution in [0.5, 0.6) is 5.75 Å². The zero-order valence-corrected chi connectivity index (χ0v) is 20.6. The smallest absolute Gasteiger partial charge is 0.227 e. The Hall–Kier alpha value is -2.84. The highest BCUT2D eigenvalue weighted by atomic mass is 19.2. The molecule has 4 atom stereocenters. The molecule has 1 aliphatic carbocycles. The Morgan fingerprint density at radius 2 is 1.81 bits per heavy atom. The Bertz CT molecular complexity index is 1050. The predicted molar refractivity (Wildman–Crippen MR) is 130 cm³/mol. The van der Waals surface area contributed by atoms with Crippen molar-refractivity contribution in [1.82, 2.24) is 14.9 Å². The summed E-state index contributed by atoms with van der Waals surface area (Å²) < 4.78 is 47.0. The van der Waals surface area contributed by atoms with E-state index in [4.69, 9.17) is 4.74 Å². The maximum Gasteiger partial charge on any atom is 0.227 e. The van der Waals surface area contributed by atoms with Crippen LogP contribution in [-0.2, 0) is 11.2 Å². The van der Waals surface area contributed by atoms with Crippen molar-refractivity contribution in [2.75, 3.05) is 37.7 Å². The minimum absolute atomic E-state index is 0.203. The van der Waals surface area contributed by atoms with E-state index in [0.29, 0.717) is 18.3 Å². The highest BCUT2D eigenvalue weighted by molar-refractivity contribution is 5.79. The second-order valence-electron chi connectivity index (χ2n) is 10.4. The van der Waals surface area contributed by atoms with Crippen molar-refractivity contribution in [1.29, 1.82) is 0 Å². The maximum absolute atomic E-state index is 14.5. The second-order valence-corrected chi connectivity index (χ2v) is 10.4. The molecule has 5 rings (SSSR count). The first-order valence-corrected chi connectivity index (χ1v) is 12.9. The van der Waals surface area contributed by atoms with Gasteiger partial charge in [-0.1, -0.05) is 6.07 Å². The van der Waals surface area contributed by atoms with E-state index in [9.17, 15) is 18.0 Å². The predicted octanol–water partition coefficient (Wildman–Crippen LogP) is 4.31. The second kappa shape index (κ2) is 10.6. The molecule has 3 heterocycles. The first kappa shape index (κ1) is 24.8. The quantitative estimate of drug-likeness (QED) is 0.539. The molecule has 2 aromatic rings. The Labute approximate surface area is 209 Å². The molecule has 194 valence electrons. The summed E-state index contributed by atoms with van der Waals surface area (Å²) >= 11 is 0. The third kappa shape index (κ3) is 5.76. The molecule has 0 unspecified atom stereocenters. The lowest BCUT2D eigenvalue weighted by Crippen LogP contribution is -2.35. The van der Waals surface area contributed by atoms with Crippen LogP contribution < -0.4 is 9.64 Å². The van der Waals surface area contributed by atoms with Gasteiger partial charge in [-0.2, -0.15) is 0 Å². The summed E-state index contributed by atoms with van der Waals surface area (Å²) in [6.45, 7) is 3.95. The lowest BCUT2D eigenvalue weighted by Gasteiger charge is -2.32. The van der Waals surface area contributed by atoms with Crippen LogP contribution in [-0.4, -0.2) is 65.9 Å². The van der Waals surface area contributed by atoms with E-state index in [0.717, 1.165) is 60.6 Å². The molecule has 0 radical (unpaired) electrons. The summed E-state index contributed by atoms with van der Waals surface area (Å²) in [6.07, 6.45) is 4.65. The van der Waals surface area contributed by atoms with E-state index in [1.807, 2.05) is 19.3 Å². The van der Waals surface area contributed by atoms with Gasteiger partial charge in [0.25, 0.3) is 0 Å². The van der Waals surface area contributed by atoms with Gasteiger partial charge in [0.15, 0.2) is 12.3 Å². The van der Waals surface area contributed by atoms with Gasteiger partial charge >= 0.3 is 0 Å². The van der Waals surface area contributed by atoms with E-state index in [1.165, 1.54) is 18.6 Å². The fourth-order valence-electron chi connectivity index (χ4n) is 5.55. The van der Waals surface area contributed by atoms with E-state index >= 15 is 0 Å². The van der Waals surface area contributed by atoms with Gasteiger partial charge in [0, 0.05) is 31.5 Å². The summed E-state index contributed by atoms with van der Waals surface area (Å²) in [5.41, 5.74) is 1.27. The molecule has 0 spiro atoms. The molecular weight excluding hydrogens is 469 g/mol. The normalized spacial score (nSPS) is 26.3. The zero-order chi connectivity index (χ0) is 25.2. The number of hydrogen-bond acceptors (Lipinski definition) is 5. The Kier molecular flexibility index (Phi) is 7.34. The standard InChI is InChI=1S/C27H33F3N4O2/c1-17-13-31-27(32-14-17)33-7-4-18(5-8-33)22-10-19(22)6-9-36-21-3-2-20(23(28)12-21)11-26(35)34-15-24(29)25(30)16-34/h2-3,12-14,18-19,22,24-25H,4-11,15-16H2,1H3/t19-,22-,24+,25+/m1/s1. The summed E-state index contributed by atoms with van der Waals surface area (Å²) in [7, 11) is 0. The van der Waals surface area contributed by atoms with Gasteiger partial charge in [-0.05, 0) is 67.6 Å². The number of amides is 1. The SMILES string of the molecule is Cc1cnc(N2CCC([C@H]3C[C@H]3CCOc3ccc(CC(=O)N4C[C@H](F)[C@@H](F)C4)c(F)c3)CC2)nc1. The third-order valence-electron chi connectivity index (χ3n) is 7.83. The number of carbonyl (C=O) groups is 1. The van der Waals surface area contributed by atoms with Crippen molar-refractivity contribution in [2.24, 2.45) is 17.8 Å². The van der Waals surface area contributed by atoms with Crippen LogP contribution in [0.2, 0.25) is 0 Å². The number of halogens is 3. The highest BCUT2D eigenvalue weighted by Gasteiger charge is 2.43. The molecule has 36 heavy (non-hydrogen) atoms. The highest BCUT2D eigenvalue weighted by Crippen LogP contribution is 2.49. The number of hydrogen-bond donors (Lipinski definition) is 0. The fourth-order valence-corrected chi connectivity index (χ4v) is 5.55. The zero-order valence-electron chi connectivity index (χ0n) is 20.6. The van der Waals surface area contributed by atoms with Gasteiger partial charge in [0.2, 0.25) is 11.9 Å². The Balaban J connectivity index is 1.02. The van der Waals surface area contributed by atoms with Crippen molar-refractivity contribution in [3.8, 4) is 5.75 Å². The molecule has 0 bridgehead atoms. The van der Waals surface area contributed by atoms with Crippen molar-refractivity contribution in [3.05, 3.63) is 47.5 Å². The van der Waals surface area contributed by atoms with E-state index in [1.54, 1.807) is 6.07 Å². The van der Waals surface area contributed by atoms with E-state index in [2.05, 4.69) is 14.9 Å². The number of likely N-dealkylation sites (tertiary alicyclic amines) is 1. The molecule has 1 saturated carbocycles. The summed E-state index contributed by atoms with van der Waals surface area (Å²) in [6, 6.07) is 4.46. The van der Waals surface area contributed by atoms with E-state index < -0.39 is 24.1 Å². The van der Waals surface area contributed by atoms with Crippen LogP contribution in [0.4, 0.5) is 19.1 Å². The average molecular weight is 503 g/mol. The minimum atomic E-state index is -1.67. The summed E-state index contributed by atoms with van der Waals surface area (Å²) in [5, 5.41) is 0. The number of aryl methyl sites for hydroxylation is 1. The molecule has 2 saturated heterocycles.